The van der Waals surface area contributed by atoms with Crippen LogP contribution in [0.3, 0.4) is 0 Å². The van der Waals surface area contributed by atoms with E-state index in [0.717, 1.165) is 0 Å². The van der Waals surface area contributed by atoms with Crippen LogP contribution < -0.4 is 12.3 Å². The van der Waals surface area contributed by atoms with Crippen molar-refractivity contribution in [2.45, 2.75) is 0 Å². The molecule has 0 saturated heterocycles. The predicted octanol–water partition coefficient (Wildman–Crippen LogP) is 1.44. The maximum atomic E-state index is 2.00. The molecule has 0 aromatic rings. The molecule has 6 N–H and O–H groups in total. The van der Waals surface area contributed by atoms with E-state index in [-0.39, 0.29) is 12.3 Å². The number of rotatable bonds is 0. The SMILES string of the molecule is C1=CC=C1.N.N. The summed E-state index contributed by atoms with van der Waals surface area (Å²) in [5.74, 6) is 0. The summed E-state index contributed by atoms with van der Waals surface area (Å²) in [6.07, 6.45) is 8.00. The highest BCUT2D eigenvalue weighted by atomic mass is 14.0. The van der Waals surface area contributed by atoms with Crippen LogP contribution in [-0.4, -0.2) is 0 Å². The Morgan fingerprint density at radius 2 is 0.667 bits per heavy atom. The molecule has 0 spiro atoms. The Bertz CT molecular complexity index is 45.9. The number of hydrogen-bond donors (Lipinski definition) is 2. The van der Waals surface area contributed by atoms with Crippen LogP contribution in [0.5, 0.6) is 0 Å². The zero-order valence-corrected chi connectivity index (χ0v) is 3.72. The summed E-state index contributed by atoms with van der Waals surface area (Å²) < 4.78 is 0. The Labute approximate surface area is 37.7 Å². The summed E-state index contributed by atoms with van der Waals surface area (Å²) in [6.45, 7) is 0. The van der Waals surface area contributed by atoms with Crippen molar-refractivity contribution in [2.75, 3.05) is 0 Å². The van der Waals surface area contributed by atoms with Crippen molar-refractivity contribution >= 4 is 0 Å². The van der Waals surface area contributed by atoms with Gasteiger partial charge in [0, 0.05) is 0 Å². The Morgan fingerprint density at radius 1 is 0.500 bits per heavy atom. The van der Waals surface area contributed by atoms with Gasteiger partial charge in [-0.1, -0.05) is 24.3 Å². The standard InChI is InChI=1S/C4H4.2H3N/c1-2-4-3-1;;/h1-4H;2*1H3. The third kappa shape index (κ3) is 1.69. The maximum absolute atomic E-state index is 2.00. The van der Waals surface area contributed by atoms with Crippen molar-refractivity contribution in [1.29, 1.82) is 0 Å². The lowest BCUT2D eigenvalue weighted by Gasteiger charge is -1.77. The molecule has 36 valence electrons. The molecule has 0 radical (unpaired) electrons. The van der Waals surface area contributed by atoms with Crippen molar-refractivity contribution in [1.82, 2.24) is 12.3 Å². The fraction of sp³-hybridized carbons (Fsp3) is 0. The summed E-state index contributed by atoms with van der Waals surface area (Å²) >= 11 is 0. The van der Waals surface area contributed by atoms with Crippen LogP contribution in [0.1, 0.15) is 0 Å². The highest BCUT2D eigenvalue weighted by Gasteiger charge is 1.65. The Balaban J connectivity index is 0. The van der Waals surface area contributed by atoms with E-state index in [2.05, 4.69) is 0 Å². The van der Waals surface area contributed by atoms with Gasteiger partial charge >= 0.3 is 0 Å². The van der Waals surface area contributed by atoms with Gasteiger partial charge in [-0.3, -0.25) is 0 Å². The molecule has 0 aliphatic heterocycles. The fourth-order valence-electron chi connectivity index (χ4n) is 0.111. The van der Waals surface area contributed by atoms with E-state index in [4.69, 9.17) is 0 Å². The molecule has 1 aliphatic carbocycles. The zero-order valence-electron chi connectivity index (χ0n) is 3.72. The Kier molecular flexibility index (Phi) is 6.63. The van der Waals surface area contributed by atoms with E-state index in [1.807, 2.05) is 24.3 Å². The van der Waals surface area contributed by atoms with Gasteiger partial charge in [0.2, 0.25) is 0 Å². The number of hydrogen-bond acceptors (Lipinski definition) is 2. The molecule has 2 heteroatoms. The second kappa shape index (κ2) is 4.40. The zero-order chi connectivity index (χ0) is 2.83. The van der Waals surface area contributed by atoms with E-state index in [9.17, 15) is 0 Å². The largest absolute Gasteiger partial charge is 0.344 e. The smallest absolute Gasteiger partial charge is 0.0623 e. The maximum Gasteiger partial charge on any atom is -0.0623 e. The molecule has 1 rings (SSSR count). The lowest BCUT2D eigenvalue weighted by atomic mass is 10.3. The van der Waals surface area contributed by atoms with Crippen molar-refractivity contribution < 1.29 is 0 Å². The first-order valence-electron chi connectivity index (χ1n) is 1.33. The van der Waals surface area contributed by atoms with Gasteiger partial charge in [-0.25, -0.2) is 0 Å². The van der Waals surface area contributed by atoms with E-state index in [0.29, 0.717) is 0 Å². The number of allylic oxidation sites excluding steroid dienone is 4. The van der Waals surface area contributed by atoms with Crippen LogP contribution in [0, 0.1) is 0 Å². The Hall–Kier alpha value is -0.600. The molecule has 2 nitrogen and oxygen atoms in total. The molecule has 0 aromatic carbocycles. The first-order chi connectivity index (χ1) is 2.00. The molecule has 6 heavy (non-hydrogen) atoms. The topological polar surface area (TPSA) is 70.0 Å². The summed E-state index contributed by atoms with van der Waals surface area (Å²) in [4.78, 5) is 0. The van der Waals surface area contributed by atoms with Gasteiger partial charge < -0.3 is 12.3 Å². The Morgan fingerprint density at radius 3 is 0.667 bits per heavy atom. The normalized spacial score (nSPS) is 10.7. The third-order valence-corrected chi connectivity index (χ3v) is 0.444. The lowest BCUT2D eigenvalue weighted by Crippen LogP contribution is -1.55. The van der Waals surface area contributed by atoms with Crippen LogP contribution in [-0.2, 0) is 0 Å². The third-order valence-electron chi connectivity index (χ3n) is 0.444. The minimum atomic E-state index is 0. The minimum Gasteiger partial charge on any atom is -0.344 e. The predicted molar refractivity (Wildman–Crippen MR) is 28.3 cm³/mol. The summed E-state index contributed by atoms with van der Waals surface area (Å²) in [5, 5.41) is 0. The molecule has 0 fully saturated rings. The van der Waals surface area contributed by atoms with Gasteiger partial charge in [0.1, 0.15) is 0 Å². The van der Waals surface area contributed by atoms with Crippen molar-refractivity contribution in [3.05, 3.63) is 24.3 Å². The summed E-state index contributed by atoms with van der Waals surface area (Å²) in [7, 11) is 0. The first kappa shape index (κ1) is 9.04. The lowest BCUT2D eigenvalue weighted by molar-refractivity contribution is 1.81. The van der Waals surface area contributed by atoms with Crippen molar-refractivity contribution in [3.8, 4) is 0 Å². The molecule has 0 bridgehead atoms. The monoisotopic (exact) mass is 86.1 g/mol. The van der Waals surface area contributed by atoms with E-state index in [1.54, 1.807) is 0 Å². The average Bonchev–Trinajstić information content (AvgIpc) is 0.722. The average molecular weight is 86.1 g/mol. The molecular formula is C4H10N2. The second-order valence-corrected chi connectivity index (χ2v) is 0.770. The van der Waals surface area contributed by atoms with Crippen LogP contribution in [0.4, 0.5) is 0 Å². The van der Waals surface area contributed by atoms with Gasteiger partial charge in [0.25, 0.3) is 0 Å². The molecule has 0 amide bonds. The van der Waals surface area contributed by atoms with Gasteiger partial charge in [-0.05, 0) is 0 Å². The van der Waals surface area contributed by atoms with Crippen LogP contribution in [0.25, 0.3) is 0 Å². The quantitative estimate of drug-likeness (QED) is 0.468. The van der Waals surface area contributed by atoms with Crippen LogP contribution in [0.2, 0.25) is 0 Å². The van der Waals surface area contributed by atoms with Gasteiger partial charge in [0.15, 0.2) is 0 Å². The minimum absolute atomic E-state index is 0. The molecule has 0 unspecified atom stereocenters. The van der Waals surface area contributed by atoms with Crippen LogP contribution in [0.15, 0.2) is 24.3 Å². The highest BCUT2D eigenvalue weighted by molar-refractivity contribution is 5.22. The van der Waals surface area contributed by atoms with E-state index in [1.165, 1.54) is 0 Å². The molecule has 0 heterocycles. The molecule has 0 saturated carbocycles. The van der Waals surface area contributed by atoms with Crippen LogP contribution >= 0.6 is 0 Å². The van der Waals surface area contributed by atoms with E-state index >= 15 is 0 Å². The molecule has 0 aromatic heterocycles. The van der Waals surface area contributed by atoms with Crippen molar-refractivity contribution in [2.24, 2.45) is 0 Å². The molecule has 1 aliphatic rings. The van der Waals surface area contributed by atoms with E-state index < -0.39 is 0 Å². The first-order valence-corrected chi connectivity index (χ1v) is 1.33. The molecule has 0 atom stereocenters. The van der Waals surface area contributed by atoms with Gasteiger partial charge in [-0.15, -0.1) is 0 Å². The summed E-state index contributed by atoms with van der Waals surface area (Å²) in [5.41, 5.74) is 0. The molecular weight excluding hydrogens is 76.1 g/mol. The fourth-order valence-corrected chi connectivity index (χ4v) is 0.111. The van der Waals surface area contributed by atoms with Crippen molar-refractivity contribution in [3.63, 3.8) is 0 Å². The van der Waals surface area contributed by atoms with Gasteiger partial charge in [-0.2, -0.15) is 0 Å². The second-order valence-electron chi connectivity index (χ2n) is 0.770. The summed E-state index contributed by atoms with van der Waals surface area (Å²) in [6, 6.07) is 0. The van der Waals surface area contributed by atoms with Gasteiger partial charge in [0.05, 0.1) is 0 Å². The highest BCUT2D eigenvalue weighted by Crippen LogP contribution is 1.86.